The molecule has 0 fully saturated rings. The van der Waals surface area contributed by atoms with Gasteiger partial charge >= 0.3 is 5.63 Å². The van der Waals surface area contributed by atoms with Gasteiger partial charge in [0.25, 0.3) is 0 Å². The second kappa shape index (κ2) is 8.64. The van der Waals surface area contributed by atoms with Crippen molar-refractivity contribution in [2.45, 2.75) is 29.6 Å². The molecule has 0 aliphatic heterocycles. The highest BCUT2D eigenvalue weighted by Crippen LogP contribution is 2.37. The minimum Gasteiger partial charge on any atom is -0.506 e. The van der Waals surface area contributed by atoms with Crippen molar-refractivity contribution in [2.75, 3.05) is 0 Å². The molecule has 0 saturated heterocycles. The molecule has 30 heavy (non-hydrogen) atoms. The summed E-state index contributed by atoms with van der Waals surface area (Å²) < 4.78 is 5.56. The van der Waals surface area contributed by atoms with Crippen molar-refractivity contribution in [1.29, 1.82) is 0 Å². The molecular weight excluding hydrogens is 392 g/mol. The Labute approximate surface area is 180 Å². The van der Waals surface area contributed by atoms with Crippen molar-refractivity contribution in [3.05, 3.63) is 101 Å². The quantitative estimate of drug-likeness (QED) is 0.384. The van der Waals surface area contributed by atoms with E-state index in [9.17, 15) is 9.90 Å². The van der Waals surface area contributed by atoms with Crippen molar-refractivity contribution in [1.82, 2.24) is 0 Å². The predicted molar refractivity (Wildman–Crippen MR) is 122 cm³/mol. The van der Waals surface area contributed by atoms with Gasteiger partial charge in [0.15, 0.2) is 0 Å². The minimum atomic E-state index is -0.541. The molecular formula is C26H22O3S. The fourth-order valence-corrected chi connectivity index (χ4v) is 4.40. The molecule has 3 nitrogen and oxygen atoms in total. The summed E-state index contributed by atoms with van der Waals surface area (Å²) in [5, 5.41) is 10.6. The molecule has 0 radical (unpaired) electrons. The van der Waals surface area contributed by atoms with Crippen LogP contribution in [-0.2, 0) is 0 Å². The van der Waals surface area contributed by atoms with Crippen molar-refractivity contribution < 1.29 is 9.52 Å². The fourth-order valence-electron chi connectivity index (χ4n) is 3.32. The van der Waals surface area contributed by atoms with Gasteiger partial charge in [-0.15, -0.1) is 0 Å². The van der Waals surface area contributed by atoms with Crippen LogP contribution in [0.4, 0.5) is 0 Å². The van der Waals surface area contributed by atoms with Gasteiger partial charge in [-0.3, -0.25) is 0 Å². The maximum Gasteiger partial charge on any atom is 0.354 e. The molecule has 0 saturated carbocycles. The number of hydrogen-bond acceptors (Lipinski definition) is 4. The molecule has 3 aromatic carbocycles. The summed E-state index contributed by atoms with van der Waals surface area (Å²) in [7, 11) is 0. The average molecular weight is 415 g/mol. The Balaban J connectivity index is 1.64. The number of benzene rings is 3. The first-order valence-corrected chi connectivity index (χ1v) is 10.6. The van der Waals surface area contributed by atoms with Gasteiger partial charge in [-0.1, -0.05) is 98.4 Å². The highest BCUT2D eigenvalue weighted by Gasteiger charge is 2.16. The van der Waals surface area contributed by atoms with Crippen LogP contribution in [0.15, 0.2) is 104 Å². The lowest BCUT2D eigenvalue weighted by Crippen LogP contribution is -2.03. The topological polar surface area (TPSA) is 50.4 Å². The van der Waals surface area contributed by atoms with E-state index in [1.165, 1.54) is 17.8 Å². The van der Waals surface area contributed by atoms with Crippen molar-refractivity contribution in [3.8, 4) is 28.2 Å². The summed E-state index contributed by atoms with van der Waals surface area (Å²) in [6, 6.07) is 27.2. The van der Waals surface area contributed by atoms with E-state index in [0.29, 0.717) is 11.7 Å². The van der Waals surface area contributed by atoms with Crippen LogP contribution < -0.4 is 5.63 Å². The lowest BCUT2D eigenvalue weighted by atomic mass is 10.0. The third-order valence-corrected chi connectivity index (χ3v) is 6.09. The van der Waals surface area contributed by atoms with Gasteiger partial charge in [0.2, 0.25) is 0 Å². The minimum absolute atomic E-state index is 0.0723. The van der Waals surface area contributed by atoms with Gasteiger partial charge in [-0.05, 0) is 28.7 Å². The summed E-state index contributed by atoms with van der Waals surface area (Å²) in [6.07, 6.45) is 0. The second-order valence-electron chi connectivity index (χ2n) is 7.35. The Morgan fingerprint density at radius 1 is 0.800 bits per heavy atom. The highest BCUT2D eigenvalue weighted by atomic mass is 32.2. The zero-order valence-electron chi connectivity index (χ0n) is 16.8. The predicted octanol–water partition coefficient (Wildman–Crippen LogP) is 6.95. The summed E-state index contributed by atoms with van der Waals surface area (Å²) in [6.45, 7) is 4.20. The first-order chi connectivity index (χ1) is 14.5. The third-order valence-electron chi connectivity index (χ3n) is 4.92. The van der Waals surface area contributed by atoms with Crippen molar-refractivity contribution in [3.63, 3.8) is 0 Å². The van der Waals surface area contributed by atoms with Crippen LogP contribution >= 0.6 is 11.8 Å². The Morgan fingerprint density at radius 3 is 2.07 bits per heavy atom. The van der Waals surface area contributed by atoms with E-state index in [2.05, 4.69) is 13.8 Å². The average Bonchev–Trinajstić information content (AvgIpc) is 2.77. The molecule has 0 atom stereocenters. The first kappa shape index (κ1) is 20.0. The van der Waals surface area contributed by atoms with Crippen LogP contribution in [-0.4, -0.2) is 5.11 Å². The molecule has 0 bridgehead atoms. The van der Waals surface area contributed by atoms with Crippen LogP contribution in [0.2, 0.25) is 0 Å². The maximum absolute atomic E-state index is 12.7. The molecule has 0 aliphatic rings. The van der Waals surface area contributed by atoms with Gasteiger partial charge in [-0.2, -0.15) is 0 Å². The SMILES string of the molecule is CC(C)c1ccccc1Sc1c(O)cc(-c2ccc(-c3ccccc3)cc2)oc1=O. The number of rotatable bonds is 5. The monoisotopic (exact) mass is 414 g/mol. The van der Waals surface area contributed by atoms with Crippen LogP contribution in [0, 0.1) is 0 Å². The molecule has 4 aromatic rings. The highest BCUT2D eigenvalue weighted by molar-refractivity contribution is 7.99. The Morgan fingerprint density at radius 2 is 1.40 bits per heavy atom. The smallest absolute Gasteiger partial charge is 0.354 e. The number of aromatic hydroxyl groups is 1. The Kier molecular flexibility index (Phi) is 5.77. The molecule has 1 N–H and O–H groups in total. The summed E-state index contributed by atoms with van der Waals surface area (Å²) >= 11 is 1.24. The molecule has 4 heteroatoms. The summed E-state index contributed by atoms with van der Waals surface area (Å²) in [4.78, 5) is 13.8. The molecule has 0 spiro atoms. The van der Waals surface area contributed by atoms with Crippen molar-refractivity contribution >= 4 is 11.8 Å². The molecule has 0 aliphatic carbocycles. The van der Waals surface area contributed by atoms with Crippen LogP contribution in [0.5, 0.6) is 5.75 Å². The van der Waals surface area contributed by atoms with E-state index in [4.69, 9.17) is 4.42 Å². The maximum atomic E-state index is 12.7. The first-order valence-electron chi connectivity index (χ1n) is 9.82. The Bertz CT molecular complexity index is 1210. The molecule has 150 valence electrons. The number of hydrogen-bond donors (Lipinski definition) is 1. The summed E-state index contributed by atoms with van der Waals surface area (Å²) in [5.41, 5.74) is 3.51. The Hall–Kier alpha value is -3.24. The van der Waals surface area contributed by atoms with Crippen LogP contribution in [0.1, 0.15) is 25.3 Å². The van der Waals surface area contributed by atoms with Crippen LogP contribution in [0.25, 0.3) is 22.5 Å². The lowest BCUT2D eigenvalue weighted by molar-refractivity contribution is 0.430. The van der Waals surface area contributed by atoms with Gasteiger partial charge in [0.05, 0.1) is 0 Å². The van der Waals surface area contributed by atoms with E-state index < -0.39 is 5.63 Å². The van der Waals surface area contributed by atoms with Gasteiger partial charge in [-0.25, -0.2) is 4.79 Å². The van der Waals surface area contributed by atoms with E-state index in [0.717, 1.165) is 27.1 Å². The largest absolute Gasteiger partial charge is 0.506 e. The molecule has 0 unspecified atom stereocenters. The molecule has 4 rings (SSSR count). The molecule has 1 heterocycles. The zero-order chi connectivity index (χ0) is 21.1. The molecule has 1 aromatic heterocycles. The third kappa shape index (κ3) is 4.19. The van der Waals surface area contributed by atoms with Gasteiger partial charge in [0.1, 0.15) is 16.4 Å². The van der Waals surface area contributed by atoms with Gasteiger partial charge in [0, 0.05) is 16.5 Å². The lowest BCUT2D eigenvalue weighted by Gasteiger charge is -2.12. The van der Waals surface area contributed by atoms with E-state index in [-0.39, 0.29) is 10.6 Å². The van der Waals surface area contributed by atoms with Gasteiger partial charge < -0.3 is 9.52 Å². The normalized spacial score (nSPS) is 11.0. The molecule has 0 amide bonds. The second-order valence-corrected chi connectivity index (χ2v) is 8.40. The van der Waals surface area contributed by atoms with Crippen molar-refractivity contribution in [2.24, 2.45) is 0 Å². The van der Waals surface area contributed by atoms with E-state index in [1.54, 1.807) is 0 Å². The summed E-state index contributed by atoms with van der Waals surface area (Å²) in [5.74, 6) is 0.584. The standard InChI is InChI=1S/C26H22O3S/c1-17(2)21-10-6-7-11-24(21)30-25-22(27)16-23(29-26(25)28)20-14-12-19(13-15-20)18-8-4-3-5-9-18/h3-17,27H,1-2H3. The van der Waals surface area contributed by atoms with E-state index in [1.807, 2.05) is 78.9 Å². The van der Waals surface area contributed by atoms with E-state index >= 15 is 0 Å². The zero-order valence-corrected chi connectivity index (χ0v) is 17.6. The van der Waals surface area contributed by atoms with Crippen LogP contribution in [0.3, 0.4) is 0 Å². The fraction of sp³-hybridized carbons (Fsp3) is 0.115.